The second-order valence-corrected chi connectivity index (χ2v) is 4.52. The van der Waals surface area contributed by atoms with Crippen molar-refractivity contribution < 1.29 is 4.79 Å². The Kier molecular flexibility index (Phi) is 4.01. The molecule has 3 nitrogen and oxygen atoms in total. The molecule has 0 unspecified atom stereocenters. The van der Waals surface area contributed by atoms with Crippen LogP contribution in [0.25, 0.3) is 0 Å². The predicted molar refractivity (Wildman–Crippen MR) is 66.7 cm³/mol. The van der Waals surface area contributed by atoms with Crippen molar-refractivity contribution in [2.24, 2.45) is 5.41 Å². The van der Waals surface area contributed by atoms with Crippen molar-refractivity contribution in [1.29, 1.82) is 5.26 Å². The number of aryl methyl sites for hydroxylation is 1. The van der Waals surface area contributed by atoms with E-state index in [-0.39, 0.29) is 11.2 Å². The number of aromatic nitrogens is 1. The summed E-state index contributed by atoms with van der Waals surface area (Å²) in [5, 5.41) is 8.71. The average molecular weight is 230 g/mol. The standard InChI is InChI=1S/C12H12N2O.C2H6/c1-12(2)6-5-10-9(11(12)15)4-3-8(7-13)14-10;1-2/h3-4H,5-6H2,1-2H3;1-2H3. The second kappa shape index (κ2) is 5.09. The van der Waals surface area contributed by atoms with Crippen molar-refractivity contribution in [2.45, 2.75) is 40.5 Å². The zero-order valence-corrected chi connectivity index (χ0v) is 10.9. The van der Waals surface area contributed by atoms with Gasteiger partial charge in [0.15, 0.2) is 5.78 Å². The van der Waals surface area contributed by atoms with E-state index in [1.54, 1.807) is 12.1 Å². The number of fused-ring (bicyclic) bond motifs is 1. The van der Waals surface area contributed by atoms with E-state index in [9.17, 15) is 4.79 Å². The molecule has 90 valence electrons. The number of pyridine rings is 1. The first-order valence-corrected chi connectivity index (χ1v) is 5.99. The Morgan fingerprint density at radius 3 is 2.59 bits per heavy atom. The molecule has 1 aliphatic carbocycles. The maximum atomic E-state index is 12.0. The van der Waals surface area contributed by atoms with Crippen LogP contribution in [0, 0.1) is 16.7 Å². The van der Waals surface area contributed by atoms with Crippen molar-refractivity contribution in [3.05, 3.63) is 29.1 Å². The number of nitriles is 1. The average Bonchev–Trinajstić information content (AvgIpc) is 2.36. The zero-order chi connectivity index (χ0) is 13.1. The van der Waals surface area contributed by atoms with Crippen molar-refractivity contribution in [1.82, 2.24) is 4.98 Å². The largest absolute Gasteiger partial charge is 0.294 e. The summed E-state index contributed by atoms with van der Waals surface area (Å²) in [6.07, 6.45) is 1.59. The Morgan fingerprint density at radius 2 is 2.00 bits per heavy atom. The van der Waals surface area contributed by atoms with E-state index in [2.05, 4.69) is 4.98 Å². The van der Waals surface area contributed by atoms with E-state index in [1.807, 2.05) is 33.8 Å². The number of Topliss-reactive ketones (excluding diaryl/α,β-unsaturated/α-hetero) is 1. The molecule has 0 bridgehead atoms. The molecule has 17 heavy (non-hydrogen) atoms. The fraction of sp³-hybridized carbons (Fsp3) is 0.500. The highest BCUT2D eigenvalue weighted by molar-refractivity contribution is 6.01. The van der Waals surface area contributed by atoms with E-state index in [0.29, 0.717) is 11.3 Å². The van der Waals surface area contributed by atoms with Gasteiger partial charge < -0.3 is 0 Å². The fourth-order valence-electron chi connectivity index (χ4n) is 1.87. The highest BCUT2D eigenvalue weighted by atomic mass is 16.1. The van der Waals surface area contributed by atoms with Crippen LogP contribution in [0.1, 0.15) is 55.9 Å². The van der Waals surface area contributed by atoms with Crippen molar-refractivity contribution in [2.75, 3.05) is 0 Å². The van der Waals surface area contributed by atoms with E-state index in [1.165, 1.54) is 0 Å². The zero-order valence-electron chi connectivity index (χ0n) is 10.9. The van der Waals surface area contributed by atoms with E-state index >= 15 is 0 Å². The summed E-state index contributed by atoms with van der Waals surface area (Å²) in [7, 11) is 0. The number of nitrogens with zero attached hydrogens (tertiary/aromatic N) is 2. The van der Waals surface area contributed by atoms with Gasteiger partial charge in [0, 0.05) is 11.0 Å². The lowest BCUT2D eigenvalue weighted by Crippen LogP contribution is -2.31. The number of rotatable bonds is 0. The molecule has 0 radical (unpaired) electrons. The first-order chi connectivity index (χ1) is 8.04. The number of hydrogen-bond acceptors (Lipinski definition) is 3. The maximum absolute atomic E-state index is 12.0. The minimum Gasteiger partial charge on any atom is -0.294 e. The van der Waals surface area contributed by atoms with Gasteiger partial charge in [-0.05, 0) is 25.0 Å². The Hall–Kier alpha value is -1.69. The number of carbonyl (C=O) groups is 1. The summed E-state index contributed by atoms with van der Waals surface area (Å²) >= 11 is 0. The SMILES string of the molecule is CC.CC1(C)CCc2nc(C#N)ccc2C1=O. The minimum absolute atomic E-state index is 0.140. The molecule has 1 heterocycles. The molecule has 0 N–H and O–H groups in total. The highest BCUT2D eigenvalue weighted by Gasteiger charge is 2.34. The minimum atomic E-state index is -0.289. The van der Waals surface area contributed by atoms with Crippen molar-refractivity contribution in [3.63, 3.8) is 0 Å². The third kappa shape index (κ3) is 2.52. The predicted octanol–water partition coefficient (Wildman–Crippen LogP) is 3.13. The summed E-state index contributed by atoms with van der Waals surface area (Å²) in [6.45, 7) is 7.91. The third-order valence-electron chi connectivity index (χ3n) is 2.93. The summed E-state index contributed by atoms with van der Waals surface area (Å²) in [4.78, 5) is 16.2. The molecule has 0 saturated heterocycles. The molecule has 0 saturated carbocycles. The second-order valence-electron chi connectivity index (χ2n) is 4.52. The molecule has 1 aliphatic rings. The molecule has 2 rings (SSSR count). The van der Waals surface area contributed by atoms with E-state index in [4.69, 9.17) is 5.26 Å². The lowest BCUT2D eigenvalue weighted by molar-refractivity contribution is 0.0809. The van der Waals surface area contributed by atoms with E-state index in [0.717, 1.165) is 18.5 Å². The van der Waals surface area contributed by atoms with Gasteiger partial charge in [0.2, 0.25) is 0 Å². The van der Waals surface area contributed by atoms with Crippen LogP contribution in [0.5, 0.6) is 0 Å². The summed E-state index contributed by atoms with van der Waals surface area (Å²) in [5.74, 6) is 0.140. The normalized spacial score (nSPS) is 16.3. The van der Waals surface area contributed by atoms with Gasteiger partial charge in [-0.15, -0.1) is 0 Å². The van der Waals surface area contributed by atoms with Gasteiger partial charge in [0.25, 0.3) is 0 Å². The van der Waals surface area contributed by atoms with Gasteiger partial charge in [0.05, 0.1) is 5.69 Å². The molecule has 0 aromatic carbocycles. The summed E-state index contributed by atoms with van der Waals surface area (Å²) < 4.78 is 0. The quantitative estimate of drug-likeness (QED) is 0.688. The summed E-state index contributed by atoms with van der Waals surface area (Å²) in [6, 6.07) is 5.33. The molecule has 0 fully saturated rings. The molecule has 0 spiro atoms. The van der Waals surface area contributed by atoms with Crippen LogP contribution < -0.4 is 0 Å². The monoisotopic (exact) mass is 230 g/mol. The van der Waals surface area contributed by atoms with Crippen LogP contribution in [-0.2, 0) is 6.42 Å². The number of hydrogen-bond donors (Lipinski definition) is 0. The molecule has 0 amide bonds. The third-order valence-corrected chi connectivity index (χ3v) is 2.93. The molecular weight excluding hydrogens is 212 g/mol. The van der Waals surface area contributed by atoms with Crippen LogP contribution >= 0.6 is 0 Å². The Balaban J connectivity index is 0.000000686. The molecule has 1 aromatic heterocycles. The Labute approximate surface area is 102 Å². The molecule has 1 aromatic rings. The van der Waals surface area contributed by atoms with Crippen LogP contribution in [0.15, 0.2) is 12.1 Å². The topological polar surface area (TPSA) is 53.8 Å². The number of carbonyl (C=O) groups excluding carboxylic acids is 1. The van der Waals surface area contributed by atoms with Gasteiger partial charge >= 0.3 is 0 Å². The van der Waals surface area contributed by atoms with Gasteiger partial charge in [-0.2, -0.15) is 5.26 Å². The van der Waals surface area contributed by atoms with Crippen molar-refractivity contribution >= 4 is 5.78 Å². The van der Waals surface area contributed by atoms with Gasteiger partial charge in [-0.3, -0.25) is 4.79 Å². The van der Waals surface area contributed by atoms with Gasteiger partial charge in [0.1, 0.15) is 11.8 Å². The summed E-state index contributed by atoms with van der Waals surface area (Å²) in [5.41, 5.74) is 1.56. The van der Waals surface area contributed by atoms with E-state index < -0.39 is 0 Å². The molecule has 3 heteroatoms. The smallest absolute Gasteiger partial charge is 0.170 e. The Morgan fingerprint density at radius 1 is 1.35 bits per heavy atom. The molecular formula is C14H18N2O. The lowest BCUT2D eigenvalue weighted by atomic mass is 9.75. The number of ketones is 1. The van der Waals surface area contributed by atoms with Crippen LogP contribution in [0.4, 0.5) is 0 Å². The van der Waals surface area contributed by atoms with Crippen LogP contribution in [0.2, 0.25) is 0 Å². The van der Waals surface area contributed by atoms with Gasteiger partial charge in [-0.1, -0.05) is 27.7 Å². The van der Waals surface area contributed by atoms with Crippen LogP contribution in [-0.4, -0.2) is 10.8 Å². The first kappa shape index (κ1) is 13.4. The molecule has 0 aliphatic heterocycles. The molecule has 0 atom stereocenters. The Bertz CT molecular complexity index is 470. The fourth-order valence-corrected chi connectivity index (χ4v) is 1.87. The first-order valence-electron chi connectivity index (χ1n) is 5.99. The lowest BCUT2D eigenvalue weighted by Gasteiger charge is -2.28. The van der Waals surface area contributed by atoms with Crippen LogP contribution in [0.3, 0.4) is 0 Å². The van der Waals surface area contributed by atoms with Crippen molar-refractivity contribution in [3.8, 4) is 6.07 Å². The maximum Gasteiger partial charge on any atom is 0.170 e. The highest BCUT2D eigenvalue weighted by Crippen LogP contribution is 2.33. The van der Waals surface area contributed by atoms with Gasteiger partial charge in [-0.25, -0.2) is 4.98 Å².